The van der Waals surface area contributed by atoms with E-state index in [2.05, 4.69) is 11.0 Å². The summed E-state index contributed by atoms with van der Waals surface area (Å²) in [6.07, 6.45) is 2.43. The quantitative estimate of drug-likeness (QED) is 0.832. The Balaban J connectivity index is 2.31. The van der Waals surface area contributed by atoms with E-state index in [4.69, 9.17) is 9.84 Å². The number of carboxylic acid groups (broad SMARTS) is 1. The first-order valence-corrected chi connectivity index (χ1v) is 7.04. The number of nitrogens with zero attached hydrogens (tertiary/aromatic N) is 1. The average molecular weight is 277 g/mol. The third-order valence-corrected chi connectivity index (χ3v) is 3.78. The molecule has 1 unspecified atom stereocenters. The molecule has 20 heavy (non-hydrogen) atoms. The molecule has 1 aliphatic carbocycles. The summed E-state index contributed by atoms with van der Waals surface area (Å²) in [4.78, 5) is 13.2. The molecule has 4 nitrogen and oxygen atoms in total. The van der Waals surface area contributed by atoms with Gasteiger partial charge in [-0.3, -0.25) is 4.79 Å². The Morgan fingerprint density at radius 1 is 1.45 bits per heavy atom. The highest BCUT2D eigenvalue weighted by Gasteiger charge is 2.35. The molecule has 0 spiro atoms. The van der Waals surface area contributed by atoms with Crippen molar-refractivity contribution < 1.29 is 14.6 Å². The van der Waals surface area contributed by atoms with E-state index in [1.54, 1.807) is 7.11 Å². The number of benzene rings is 1. The Kier molecular flexibility index (Phi) is 4.65. The number of hydrogen-bond acceptors (Lipinski definition) is 3. The zero-order chi connectivity index (χ0) is 14.7. The first-order chi connectivity index (χ1) is 9.51. The summed E-state index contributed by atoms with van der Waals surface area (Å²) in [5.74, 6) is 0.645. The maximum atomic E-state index is 11.1. The topological polar surface area (TPSA) is 49.8 Å². The van der Waals surface area contributed by atoms with Gasteiger partial charge in [-0.25, -0.2) is 0 Å². The Morgan fingerprint density at radius 3 is 2.65 bits per heavy atom. The van der Waals surface area contributed by atoms with Crippen molar-refractivity contribution in [2.24, 2.45) is 5.92 Å². The summed E-state index contributed by atoms with van der Waals surface area (Å²) >= 11 is 0. The lowest BCUT2D eigenvalue weighted by Crippen LogP contribution is -2.13. The number of methoxy groups -OCH3 is 1. The van der Waals surface area contributed by atoms with Crippen LogP contribution < -0.4 is 4.74 Å². The van der Waals surface area contributed by atoms with Gasteiger partial charge in [-0.15, -0.1) is 0 Å². The fourth-order valence-corrected chi connectivity index (χ4v) is 2.75. The lowest BCUT2D eigenvalue weighted by Gasteiger charge is -2.20. The van der Waals surface area contributed by atoms with Gasteiger partial charge in [0.1, 0.15) is 5.75 Å². The summed E-state index contributed by atoms with van der Waals surface area (Å²) in [6, 6.07) is 6.13. The molecule has 2 rings (SSSR count). The van der Waals surface area contributed by atoms with Crippen LogP contribution in [0, 0.1) is 5.92 Å². The normalized spacial score (nSPS) is 16.2. The van der Waals surface area contributed by atoms with Crippen molar-refractivity contribution in [1.29, 1.82) is 0 Å². The van der Waals surface area contributed by atoms with Crippen molar-refractivity contribution >= 4 is 5.97 Å². The smallest absolute Gasteiger partial charge is 0.303 e. The van der Waals surface area contributed by atoms with Crippen LogP contribution in [0.25, 0.3) is 0 Å². The Bertz CT molecular complexity index is 481. The fourth-order valence-electron chi connectivity index (χ4n) is 2.75. The van der Waals surface area contributed by atoms with E-state index in [0.29, 0.717) is 5.92 Å². The van der Waals surface area contributed by atoms with Crippen LogP contribution in [0.3, 0.4) is 0 Å². The van der Waals surface area contributed by atoms with Crippen LogP contribution in [0.1, 0.15) is 36.3 Å². The molecule has 1 aliphatic rings. The van der Waals surface area contributed by atoms with Crippen LogP contribution in [0.2, 0.25) is 0 Å². The maximum absolute atomic E-state index is 11.1. The lowest BCUT2D eigenvalue weighted by molar-refractivity contribution is -0.137. The molecule has 1 saturated carbocycles. The van der Waals surface area contributed by atoms with Crippen molar-refractivity contribution in [2.75, 3.05) is 21.2 Å². The Labute approximate surface area is 120 Å². The van der Waals surface area contributed by atoms with Gasteiger partial charge in [-0.2, -0.15) is 0 Å². The molecule has 4 heteroatoms. The fraction of sp³-hybridized carbons (Fsp3) is 0.562. The van der Waals surface area contributed by atoms with E-state index in [-0.39, 0.29) is 12.3 Å². The minimum absolute atomic E-state index is 0.0737. The molecular weight excluding hydrogens is 254 g/mol. The van der Waals surface area contributed by atoms with Gasteiger partial charge in [0.25, 0.3) is 0 Å². The minimum Gasteiger partial charge on any atom is -0.496 e. The average Bonchev–Trinajstić information content (AvgIpc) is 3.19. The molecule has 1 aromatic carbocycles. The van der Waals surface area contributed by atoms with Gasteiger partial charge in [0.2, 0.25) is 0 Å². The summed E-state index contributed by atoms with van der Waals surface area (Å²) in [5.41, 5.74) is 2.25. The predicted octanol–water partition coefficient (Wildman–Crippen LogP) is 2.73. The van der Waals surface area contributed by atoms with Gasteiger partial charge >= 0.3 is 5.97 Å². The van der Waals surface area contributed by atoms with Gasteiger partial charge in [0, 0.05) is 12.5 Å². The van der Waals surface area contributed by atoms with E-state index >= 15 is 0 Å². The highest BCUT2D eigenvalue weighted by Crippen LogP contribution is 2.47. The standard InChI is InChI=1S/C16H23NO3/c1-17(2)10-11-4-7-15(20-3)14(8-11)13(9-16(18)19)12-5-6-12/h4,7-8,12-13H,5-6,9-10H2,1-3H3,(H,18,19). The highest BCUT2D eigenvalue weighted by molar-refractivity contribution is 5.68. The van der Waals surface area contributed by atoms with Crippen molar-refractivity contribution in [3.63, 3.8) is 0 Å². The zero-order valence-electron chi connectivity index (χ0n) is 12.4. The van der Waals surface area contributed by atoms with Gasteiger partial charge in [0.15, 0.2) is 0 Å². The van der Waals surface area contributed by atoms with E-state index in [9.17, 15) is 4.79 Å². The minimum atomic E-state index is -0.734. The number of rotatable bonds is 7. The molecule has 0 aliphatic heterocycles. The number of carbonyl (C=O) groups is 1. The summed E-state index contributed by atoms with van der Waals surface area (Å²) < 4.78 is 5.44. The highest BCUT2D eigenvalue weighted by atomic mass is 16.5. The van der Waals surface area contributed by atoms with E-state index in [1.165, 1.54) is 5.56 Å². The zero-order valence-corrected chi connectivity index (χ0v) is 12.4. The van der Waals surface area contributed by atoms with E-state index in [1.807, 2.05) is 26.2 Å². The monoisotopic (exact) mass is 277 g/mol. The third-order valence-electron chi connectivity index (χ3n) is 3.78. The molecule has 0 radical (unpaired) electrons. The molecule has 0 amide bonds. The van der Waals surface area contributed by atoms with Crippen LogP contribution in [-0.4, -0.2) is 37.2 Å². The third kappa shape index (κ3) is 3.73. The van der Waals surface area contributed by atoms with E-state index in [0.717, 1.165) is 30.7 Å². The molecule has 0 heterocycles. The van der Waals surface area contributed by atoms with Gasteiger partial charge < -0.3 is 14.7 Å². The molecule has 1 aromatic rings. The van der Waals surface area contributed by atoms with Crippen molar-refractivity contribution in [3.05, 3.63) is 29.3 Å². The van der Waals surface area contributed by atoms with Gasteiger partial charge in [-0.1, -0.05) is 12.1 Å². The van der Waals surface area contributed by atoms with E-state index < -0.39 is 5.97 Å². The molecule has 110 valence electrons. The Morgan fingerprint density at radius 2 is 2.15 bits per heavy atom. The van der Waals surface area contributed by atoms with Crippen LogP contribution in [-0.2, 0) is 11.3 Å². The van der Waals surface area contributed by atoms with Crippen LogP contribution in [0.4, 0.5) is 0 Å². The SMILES string of the molecule is COc1ccc(CN(C)C)cc1C(CC(=O)O)C1CC1. The molecule has 1 N–H and O–H groups in total. The maximum Gasteiger partial charge on any atom is 0.303 e. The molecule has 1 fully saturated rings. The second kappa shape index (κ2) is 6.27. The molecule has 0 saturated heterocycles. The predicted molar refractivity (Wildman–Crippen MR) is 78.1 cm³/mol. The van der Waals surface area contributed by atoms with Crippen molar-refractivity contribution in [1.82, 2.24) is 4.90 Å². The second-order valence-corrected chi connectivity index (χ2v) is 5.86. The number of carboxylic acids is 1. The van der Waals surface area contributed by atoms with Crippen molar-refractivity contribution in [3.8, 4) is 5.75 Å². The van der Waals surface area contributed by atoms with Gasteiger partial charge in [-0.05, 0) is 50.0 Å². The number of ether oxygens (including phenoxy) is 1. The molecule has 0 bridgehead atoms. The molecular formula is C16H23NO3. The van der Waals surface area contributed by atoms with Crippen LogP contribution in [0.5, 0.6) is 5.75 Å². The lowest BCUT2D eigenvalue weighted by atomic mass is 9.89. The molecule has 1 atom stereocenters. The number of hydrogen-bond donors (Lipinski definition) is 1. The second-order valence-electron chi connectivity index (χ2n) is 5.86. The van der Waals surface area contributed by atoms with Gasteiger partial charge in [0.05, 0.1) is 13.5 Å². The first kappa shape index (κ1) is 14.9. The van der Waals surface area contributed by atoms with Crippen molar-refractivity contribution in [2.45, 2.75) is 31.7 Å². The first-order valence-electron chi connectivity index (χ1n) is 7.04. The van der Waals surface area contributed by atoms with Crippen LogP contribution in [0.15, 0.2) is 18.2 Å². The Hall–Kier alpha value is -1.55. The summed E-state index contributed by atoms with van der Waals surface area (Å²) in [5, 5.41) is 9.15. The number of aliphatic carboxylic acids is 1. The summed E-state index contributed by atoms with van der Waals surface area (Å²) in [7, 11) is 5.70. The largest absolute Gasteiger partial charge is 0.496 e. The molecule has 0 aromatic heterocycles. The van der Waals surface area contributed by atoms with Crippen LogP contribution >= 0.6 is 0 Å². The summed E-state index contributed by atoms with van der Waals surface area (Å²) in [6.45, 7) is 0.849.